The SMILES string of the molecule is O=C(O)c1cc(S(=O)(=O)N2CC[C@@H](N3CCCC3)C2)ccc1Cl. The average Bonchev–Trinajstić information content (AvgIpc) is 3.18. The molecule has 8 heteroatoms. The zero-order chi connectivity index (χ0) is 16.6. The highest BCUT2D eigenvalue weighted by molar-refractivity contribution is 7.89. The summed E-state index contributed by atoms with van der Waals surface area (Å²) in [6, 6.07) is 4.10. The Morgan fingerprint density at radius 1 is 1.22 bits per heavy atom. The van der Waals surface area contributed by atoms with Crippen molar-refractivity contribution in [3.63, 3.8) is 0 Å². The molecule has 0 bridgehead atoms. The van der Waals surface area contributed by atoms with E-state index in [2.05, 4.69) is 4.90 Å². The lowest BCUT2D eigenvalue weighted by atomic mass is 10.2. The first-order chi connectivity index (χ1) is 10.9. The van der Waals surface area contributed by atoms with Gasteiger partial charge in [-0.15, -0.1) is 0 Å². The maximum Gasteiger partial charge on any atom is 0.337 e. The second-order valence-electron chi connectivity index (χ2n) is 6.00. The maximum absolute atomic E-state index is 12.8. The van der Waals surface area contributed by atoms with Crippen LogP contribution in [0.25, 0.3) is 0 Å². The van der Waals surface area contributed by atoms with Gasteiger partial charge in [0.1, 0.15) is 0 Å². The number of carboxylic acids is 1. The predicted molar refractivity (Wildman–Crippen MR) is 86.4 cm³/mol. The van der Waals surface area contributed by atoms with Crippen molar-refractivity contribution in [1.82, 2.24) is 9.21 Å². The molecule has 1 aromatic rings. The van der Waals surface area contributed by atoms with E-state index in [0.29, 0.717) is 13.1 Å². The van der Waals surface area contributed by atoms with Crippen molar-refractivity contribution in [3.05, 3.63) is 28.8 Å². The summed E-state index contributed by atoms with van der Waals surface area (Å²) in [5.41, 5.74) is -0.192. The van der Waals surface area contributed by atoms with Crippen LogP contribution in [0.4, 0.5) is 0 Å². The fourth-order valence-corrected chi connectivity index (χ4v) is 5.03. The molecule has 1 N–H and O–H groups in total. The highest BCUT2D eigenvalue weighted by Crippen LogP contribution is 2.28. The van der Waals surface area contributed by atoms with Crippen LogP contribution < -0.4 is 0 Å². The molecule has 23 heavy (non-hydrogen) atoms. The van der Waals surface area contributed by atoms with Gasteiger partial charge in [-0.1, -0.05) is 11.6 Å². The van der Waals surface area contributed by atoms with Crippen LogP contribution in [0.3, 0.4) is 0 Å². The number of hydrogen-bond acceptors (Lipinski definition) is 4. The van der Waals surface area contributed by atoms with E-state index in [0.717, 1.165) is 25.6 Å². The van der Waals surface area contributed by atoms with Crippen molar-refractivity contribution in [2.45, 2.75) is 30.2 Å². The smallest absolute Gasteiger partial charge is 0.337 e. The zero-order valence-electron chi connectivity index (χ0n) is 12.6. The molecular weight excluding hydrogens is 340 g/mol. The van der Waals surface area contributed by atoms with Crippen LogP contribution in [0, 0.1) is 0 Å². The van der Waals surface area contributed by atoms with Gasteiger partial charge in [0.2, 0.25) is 10.0 Å². The Morgan fingerprint density at radius 3 is 2.57 bits per heavy atom. The monoisotopic (exact) mass is 358 g/mol. The number of sulfonamides is 1. The number of carbonyl (C=O) groups is 1. The molecule has 1 atom stereocenters. The van der Waals surface area contributed by atoms with E-state index in [1.54, 1.807) is 0 Å². The third kappa shape index (κ3) is 3.24. The maximum atomic E-state index is 12.8. The number of benzene rings is 1. The Balaban J connectivity index is 1.82. The molecule has 3 rings (SSSR count). The first-order valence-corrected chi connectivity index (χ1v) is 9.48. The van der Waals surface area contributed by atoms with Gasteiger partial charge in [-0.05, 0) is 50.6 Å². The molecule has 0 radical (unpaired) electrons. The van der Waals surface area contributed by atoms with Gasteiger partial charge in [0.05, 0.1) is 15.5 Å². The fourth-order valence-electron chi connectivity index (χ4n) is 3.31. The molecule has 0 aromatic heterocycles. The van der Waals surface area contributed by atoms with Crippen molar-refractivity contribution >= 4 is 27.6 Å². The summed E-state index contributed by atoms with van der Waals surface area (Å²) < 4.78 is 27.0. The summed E-state index contributed by atoms with van der Waals surface area (Å²) in [5, 5.41) is 9.14. The normalized spacial score (nSPS) is 23.4. The lowest BCUT2D eigenvalue weighted by Gasteiger charge is -2.23. The van der Waals surface area contributed by atoms with Crippen molar-refractivity contribution in [2.24, 2.45) is 0 Å². The summed E-state index contributed by atoms with van der Waals surface area (Å²) in [6.07, 6.45) is 3.16. The topological polar surface area (TPSA) is 77.9 Å². The second kappa shape index (κ2) is 6.39. The number of rotatable bonds is 4. The van der Waals surface area contributed by atoms with E-state index in [1.165, 1.54) is 29.3 Å². The molecular formula is C15H19ClN2O4S. The van der Waals surface area contributed by atoms with Gasteiger partial charge in [0, 0.05) is 19.1 Å². The highest BCUT2D eigenvalue weighted by Gasteiger charge is 2.36. The molecule has 0 aliphatic carbocycles. The van der Waals surface area contributed by atoms with Crippen LogP contribution in [0.15, 0.2) is 23.1 Å². The van der Waals surface area contributed by atoms with E-state index in [4.69, 9.17) is 16.7 Å². The quantitative estimate of drug-likeness (QED) is 0.889. The van der Waals surface area contributed by atoms with Crippen molar-refractivity contribution in [1.29, 1.82) is 0 Å². The molecule has 0 amide bonds. The lowest BCUT2D eigenvalue weighted by molar-refractivity contribution is 0.0697. The standard InChI is InChI=1S/C15H19ClN2O4S/c16-14-4-3-12(9-13(14)15(19)20)23(21,22)18-8-5-11(10-18)17-6-1-2-7-17/h3-4,9,11H,1-2,5-8,10H2,(H,19,20)/t11-/m1/s1. The largest absolute Gasteiger partial charge is 0.478 e. The minimum atomic E-state index is -3.69. The van der Waals surface area contributed by atoms with E-state index < -0.39 is 16.0 Å². The van der Waals surface area contributed by atoms with Gasteiger partial charge in [-0.3, -0.25) is 4.90 Å². The highest BCUT2D eigenvalue weighted by atomic mass is 35.5. The number of aromatic carboxylic acids is 1. The van der Waals surface area contributed by atoms with Gasteiger partial charge in [-0.2, -0.15) is 4.31 Å². The Labute approximate surface area is 140 Å². The summed E-state index contributed by atoms with van der Waals surface area (Å²) >= 11 is 5.81. The van der Waals surface area contributed by atoms with Gasteiger partial charge >= 0.3 is 5.97 Å². The summed E-state index contributed by atoms with van der Waals surface area (Å²) in [7, 11) is -3.69. The summed E-state index contributed by atoms with van der Waals surface area (Å²) in [6.45, 7) is 2.99. The number of nitrogens with zero attached hydrogens (tertiary/aromatic N) is 2. The van der Waals surface area contributed by atoms with E-state index in [-0.39, 0.29) is 21.5 Å². The summed E-state index contributed by atoms with van der Waals surface area (Å²) in [5.74, 6) is -1.23. The first kappa shape index (κ1) is 16.7. The second-order valence-corrected chi connectivity index (χ2v) is 8.34. The van der Waals surface area contributed by atoms with Gasteiger partial charge in [-0.25, -0.2) is 13.2 Å². The molecule has 126 valence electrons. The zero-order valence-corrected chi connectivity index (χ0v) is 14.2. The molecule has 0 spiro atoms. The summed E-state index contributed by atoms with van der Waals surface area (Å²) in [4.78, 5) is 13.5. The van der Waals surface area contributed by atoms with Gasteiger partial charge in [0.15, 0.2) is 0 Å². The van der Waals surface area contributed by atoms with Crippen LogP contribution in [-0.4, -0.2) is 60.9 Å². The minimum Gasteiger partial charge on any atom is -0.478 e. The van der Waals surface area contributed by atoms with Crippen LogP contribution in [0.2, 0.25) is 5.02 Å². The number of likely N-dealkylation sites (tertiary alicyclic amines) is 1. The molecule has 2 heterocycles. The Hall–Kier alpha value is -1.15. The third-order valence-electron chi connectivity index (χ3n) is 4.59. The minimum absolute atomic E-state index is 0.0126. The van der Waals surface area contributed by atoms with E-state index in [9.17, 15) is 13.2 Å². The molecule has 0 unspecified atom stereocenters. The fraction of sp³-hybridized carbons (Fsp3) is 0.533. The number of hydrogen-bond donors (Lipinski definition) is 1. The molecule has 6 nitrogen and oxygen atoms in total. The predicted octanol–water partition coefficient (Wildman–Crippen LogP) is 1.90. The average molecular weight is 359 g/mol. The Bertz CT molecular complexity index is 716. The molecule has 2 aliphatic heterocycles. The molecule has 0 saturated carbocycles. The van der Waals surface area contributed by atoms with E-state index >= 15 is 0 Å². The molecule has 2 aliphatic rings. The Kier molecular flexibility index (Phi) is 4.64. The van der Waals surface area contributed by atoms with Crippen LogP contribution in [0.5, 0.6) is 0 Å². The van der Waals surface area contributed by atoms with Crippen LogP contribution >= 0.6 is 11.6 Å². The van der Waals surface area contributed by atoms with Gasteiger partial charge in [0.25, 0.3) is 0 Å². The number of carboxylic acid groups (broad SMARTS) is 1. The lowest BCUT2D eigenvalue weighted by Crippen LogP contribution is -2.37. The van der Waals surface area contributed by atoms with Crippen LogP contribution in [-0.2, 0) is 10.0 Å². The van der Waals surface area contributed by atoms with Crippen molar-refractivity contribution < 1.29 is 18.3 Å². The molecule has 2 fully saturated rings. The van der Waals surface area contributed by atoms with E-state index in [1.807, 2.05) is 0 Å². The first-order valence-electron chi connectivity index (χ1n) is 7.66. The van der Waals surface area contributed by atoms with Crippen molar-refractivity contribution in [2.75, 3.05) is 26.2 Å². The molecule has 2 saturated heterocycles. The Morgan fingerprint density at radius 2 is 1.91 bits per heavy atom. The van der Waals surface area contributed by atoms with Crippen LogP contribution in [0.1, 0.15) is 29.6 Å². The van der Waals surface area contributed by atoms with Gasteiger partial charge < -0.3 is 5.11 Å². The molecule has 1 aromatic carbocycles. The number of halogens is 1. The third-order valence-corrected chi connectivity index (χ3v) is 6.78. The van der Waals surface area contributed by atoms with Crippen molar-refractivity contribution in [3.8, 4) is 0 Å².